The molecule has 6 aromatic rings. The van der Waals surface area contributed by atoms with Crippen LogP contribution in [0.1, 0.15) is 5.56 Å². The van der Waals surface area contributed by atoms with Gasteiger partial charge in [0.2, 0.25) is 0 Å². The maximum Gasteiger partial charge on any atom is 0.0620 e. The first kappa shape index (κ1) is 13.9. The van der Waals surface area contributed by atoms with E-state index in [4.69, 9.17) is 0 Å². The first-order valence-electron chi connectivity index (χ1n) is 9.05. The lowest BCUT2D eigenvalue weighted by molar-refractivity contribution is 1.36. The van der Waals surface area contributed by atoms with E-state index in [1.54, 1.807) is 0 Å². The second-order valence-electron chi connectivity index (χ2n) is 7.16. The van der Waals surface area contributed by atoms with Crippen molar-refractivity contribution in [1.82, 2.24) is 4.40 Å². The average molecular weight is 331 g/mol. The summed E-state index contributed by atoms with van der Waals surface area (Å²) in [6.45, 7) is 2.17. The molecule has 122 valence electrons. The van der Waals surface area contributed by atoms with E-state index in [1.165, 1.54) is 54.8 Å². The summed E-state index contributed by atoms with van der Waals surface area (Å²) in [6, 6.07) is 30.9. The van der Waals surface area contributed by atoms with Gasteiger partial charge in [-0.05, 0) is 47.9 Å². The first-order chi connectivity index (χ1) is 12.8. The van der Waals surface area contributed by atoms with Crippen molar-refractivity contribution in [2.45, 2.75) is 6.92 Å². The van der Waals surface area contributed by atoms with E-state index in [9.17, 15) is 0 Å². The van der Waals surface area contributed by atoms with Gasteiger partial charge in [0.05, 0.1) is 16.6 Å². The standard InChI is InChI=1S/C25H17N/c1-16-11-12-20-22-15-18(17-7-3-2-4-8-17)14-21-19-9-5-6-10-23(19)26(25(21)22)24(20)13-16/h2-15H,1H3. The van der Waals surface area contributed by atoms with Gasteiger partial charge >= 0.3 is 0 Å². The minimum atomic E-state index is 1.27. The summed E-state index contributed by atoms with van der Waals surface area (Å²) in [6.07, 6.45) is 0. The zero-order valence-corrected chi connectivity index (χ0v) is 14.5. The number of nitrogens with zero attached hydrogens (tertiary/aromatic N) is 1. The molecule has 0 unspecified atom stereocenters. The molecule has 0 fully saturated rings. The Morgan fingerprint density at radius 2 is 1.23 bits per heavy atom. The highest BCUT2D eigenvalue weighted by atomic mass is 14.9. The molecule has 0 saturated heterocycles. The molecule has 1 nitrogen and oxygen atoms in total. The Morgan fingerprint density at radius 3 is 2.04 bits per heavy atom. The molecule has 0 aliphatic heterocycles. The minimum absolute atomic E-state index is 1.27. The second-order valence-corrected chi connectivity index (χ2v) is 7.16. The monoisotopic (exact) mass is 331 g/mol. The van der Waals surface area contributed by atoms with Gasteiger partial charge in [-0.25, -0.2) is 0 Å². The quantitative estimate of drug-likeness (QED) is 0.312. The van der Waals surface area contributed by atoms with Crippen molar-refractivity contribution in [3.8, 4) is 11.1 Å². The van der Waals surface area contributed by atoms with Crippen molar-refractivity contribution in [3.63, 3.8) is 0 Å². The molecule has 0 saturated carbocycles. The van der Waals surface area contributed by atoms with Crippen LogP contribution in [0.5, 0.6) is 0 Å². The molecule has 26 heavy (non-hydrogen) atoms. The van der Waals surface area contributed by atoms with Gasteiger partial charge in [-0.3, -0.25) is 0 Å². The predicted octanol–water partition coefficient (Wildman–Crippen LogP) is 6.81. The number of rotatable bonds is 1. The van der Waals surface area contributed by atoms with Gasteiger partial charge in [0, 0.05) is 21.5 Å². The fourth-order valence-corrected chi connectivity index (χ4v) is 4.40. The van der Waals surface area contributed by atoms with Crippen LogP contribution in [-0.2, 0) is 0 Å². The van der Waals surface area contributed by atoms with E-state index in [1.807, 2.05) is 0 Å². The van der Waals surface area contributed by atoms with Gasteiger partial charge in [-0.15, -0.1) is 0 Å². The largest absolute Gasteiger partial charge is 0.308 e. The third-order valence-electron chi connectivity index (χ3n) is 5.56. The summed E-state index contributed by atoms with van der Waals surface area (Å²) in [4.78, 5) is 0. The summed E-state index contributed by atoms with van der Waals surface area (Å²) < 4.78 is 2.44. The van der Waals surface area contributed by atoms with Crippen molar-refractivity contribution in [2.24, 2.45) is 0 Å². The molecule has 4 aromatic carbocycles. The highest BCUT2D eigenvalue weighted by Crippen LogP contribution is 2.41. The van der Waals surface area contributed by atoms with Crippen molar-refractivity contribution >= 4 is 38.1 Å². The van der Waals surface area contributed by atoms with Crippen LogP contribution in [0.3, 0.4) is 0 Å². The Kier molecular flexibility index (Phi) is 2.60. The molecular weight excluding hydrogens is 314 g/mol. The average Bonchev–Trinajstić information content (AvgIpc) is 3.19. The highest BCUT2D eigenvalue weighted by Gasteiger charge is 2.18. The molecule has 0 atom stereocenters. The maximum absolute atomic E-state index is 2.44. The lowest BCUT2D eigenvalue weighted by Crippen LogP contribution is -1.80. The molecule has 0 N–H and O–H groups in total. The van der Waals surface area contributed by atoms with Gasteiger partial charge in [0.25, 0.3) is 0 Å². The molecule has 0 radical (unpaired) electrons. The van der Waals surface area contributed by atoms with Gasteiger partial charge in [-0.1, -0.05) is 60.7 Å². The second kappa shape index (κ2) is 4.86. The summed E-state index contributed by atoms with van der Waals surface area (Å²) in [5.74, 6) is 0. The van der Waals surface area contributed by atoms with Crippen LogP contribution in [0.4, 0.5) is 0 Å². The lowest BCUT2D eigenvalue weighted by Gasteiger charge is -2.04. The van der Waals surface area contributed by atoms with Gasteiger partial charge in [0.1, 0.15) is 0 Å². The number of hydrogen-bond donors (Lipinski definition) is 0. The van der Waals surface area contributed by atoms with E-state index in [0.717, 1.165) is 0 Å². The normalized spacial score (nSPS) is 12.0. The Morgan fingerprint density at radius 1 is 0.538 bits per heavy atom. The molecule has 1 heteroatoms. The van der Waals surface area contributed by atoms with E-state index in [0.29, 0.717) is 0 Å². The first-order valence-corrected chi connectivity index (χ1v) is 9.05. The fourth-order valence-electron chi connectivity index (χ4n) is 4.40. The summed E-state index contributed by atoms with van der Waals surface area (Å²) in [7, 11) is 0. The molecule has 0 bridgehead atoms. The van der Waals surface area contributed by atoms with Crippen LogP contribution in [0, 0.1) is 6.92 Å². The van der Waals surface area contributed by atoms with Crippen molar-refractivity contribution in [3.05, 3.63) is 90.5 Å². The van der Waals surface area contributed by atoms with Gasteiger partial charge < -0.3 is 4.40 Å². The molecule has 0 aliphatic rings. The van der Waals surface area contributed by atoms with E-state index in [2.05, 4.69) is 96.3 Å². The lowest BCUT2D eigenvalue weighted by atomic mass is 9.99. The fraction of sp³-hybridized carbons (Fsp3) is 0.0400. The third kappa shape index (κ3) is 1.70. The molecule has 0 spiro atoms. The summed E-state index contributed by atoms with van der Waals surface area (Å²) in [5, 5.41) is 5.34. The zero-order chi connectivity index (χ0) is 17.3. The Bertz CT molecular complexity index is 1420. The topological polar surface area (TPSA) is 4.41 Å². The van der Waals surface area contributed by atoms with Crippen LogP contribution in [0.2, 0.25) is 0 Å². The maximum atomic E-state index is 2.44. The molecule has 6 rings (SSSR count). The minimum Gasteiger partial charge on any atom is -0.308 e. The Labute approximate surface area is 151 Å². The number of aryl methyl sites for hydroxylation is 1. The third-order valence-corrected chi connectivity index (χ3v) is 5.56. The number of benzene rings is 4. The van der Waals surface area contributed by atoms with Gasteiger partial charge in [-0.2, -0.15) is 0 Å². The zero-order valence-electron chi connectivity index (χ0n) is 14.5. The summed E-state index contributed by atoms with van der Waals surface area (Å²) in [5.41, 5.74) is 7.78. The molecular formula is C25H17N. The van der Waals surface area contributed by atoms with E-state index < -0.39 is 0 Å². The summed E-state index contributed by atoms with van der Waals surface area (Å²) >= 11 is 0. The van der Waals surface area contributed by atoms with E-state index in [-0.39, 0.29) is 0 Å². The molecule has 2 aromatic heterocycles. The van der Waals surface area contributed by atoms with Gasteiger partial charge in [0.15, 0.2) is 0 Å². The number of hydrogen-bond acceptors (Lipinski definition) is 0. The smallest absolute Gasteiger partial charge is 0.0620 e. The Hall–Kier alpha value is -3.32. The SMILES string of the molecule is Cc1ccc2c3cc(-c4ccccc4)cc4c5ccccc5n(c2c1)c43. The van der Waals surface area contributed by atoms with Crippen LogP contribution in [0.15, 0.2) is 84.9 Å². The van der Waals surface area contributed by atoms with Crippen LogP contribution in [-0.4, -0.2) is 4.40 Å². The number of para-hydroxylation sites is 1. The Balaban J connectivity index is 1.91. The van der Waals surface area contributed by atoms with Crippen molar-refractivity contribution in [2.75, 3.05) is 0 Å². The van der Waals surface area contributed by atoms with Crippen LogP contribution < -0.4 is 0 Å². The molecule has 0 aliphatic carbocycles. The van der Waals surface area contributed by atoms with Crippen molar-refractivity contribution < 1.29 is 0 Å². The van der Waals surface area contributed by atoms with Crippen LogP contribution in [0.25, 0.3) is 49.2 Å². The molecule has 0 amide bonds. The van der Waals surface area contributed by atoms with Crippen LogP contribution >= 0.6 is 0 Å². The number of aromatic nitrogens is 1. The number of fused-ring (bicyclic) bond motifs is 6. The predicted molar refractivity (Wildman–Crippen MR) is 111 cm³/mol. The van der Waals surface area contributed by atoms with E-state index >= 15 is 0 Å². The molecule has 2 heterocycles. The van der Waals surface area contributed by atoms with Crippen molar-refractivity contribution in [1.29, 1.82) is 0 Å². The highest BCUT2D eigenvalue weighted by molar-refractivity contribution is 6.24.